The van der Waals surface area contributed by atoms with Gasteiger partial charge in [0.2, 0.25) is 0 Å². The molecule has 5 heteroatoms. The van der Waals surface area contributed by atoms with Gasteiger partial charge in [-0.2, -0.15) is 0 Å². The summed E-state index contributed by atoms with van der Waals surface area (Å²) in [7, 11) is 0. The molecule has 0 bridgehead atoms. The molecule has 122 valence electrons. The van der Waals surface area contributed by atoms with Crippen LogP contribution in [0.3, 0.4) is 0 Å². The summed E-state index contributed by atoms with van der Waals surface area (Å²) >= 11 is 6.33. The molecule has 1 aliphatic heterocycles. The molecule has 1 aromatic heterocycles. The van der Waals surface area contributed by atoms with Gasteiger partial charge in [-0.15, -0.1) is 0 Å². The van der Waals surface area contributed by atoms with E-state index in [-0.39, 0.29) is 5.56 Å². The van der Waals surface area contributed by atoms with Crippen LogP contribution in [0.15, 0.2) is 23.0 Å². The van der Waals surface area contributed by atoms with Crippen molar-refractivity contribution in [2.45, 2.75) is 46.2 Å². The summed E-state index contributed by atoms with van der Waals surface area (Å²) < 4.78 is 0. The van der Waals surface area contributed by atoms with E-state index in [1.807, 2.05) is 12.1 Å². The van der Waals surface area contributed by atoms with Crippen LogP contribution >= 0.6 is 11.6 Å². The maximum absolute atomic E-state index is 12.3. The van der Waals surface area contributed by atoms with Crippen molar-refractivity contribution in [3.63, 3.8) is 0 Å². The minimum atomic E-state index is 0.0130. The Bertz CT molecular complexity index is 749. The van der Waals surface area contributed by atoms with Crippen LogP contribution in [-0.2, 0) is 25.9 Å². The molecule has 0 saturated heterocycles. The summed E-state index contributed by atoms with van der Waals surface area (Å²) in [6, 6.07) is 5.97. The number of benzene rings is 1. The number of hydrogen-bond acceptors (Lipinski definition) is 3. The van der Waals surface area contributed by atoms with Gasteiger partial charge in [0.15, 0.2) is 0 Å². The minimum absolute atomic E-state index is 0.0130. The highest BCUT2D eigenvalue weighted by molar-refractivity contribution is 6.31. The van der Waals surface area contributed by atoms with Crippen LogP contribution in [0.2, 0.25) is 5.02 Å². The van der Waals surface area contributed by atoms with Crippen molar-refractivity contribution in [3.8, 4) is 0 Å². The van der Waals surface area contributed by atoms with Crippen LogP contribution in [0.4, 0.5) is 0 Å². The number of H-pyrrole nitrogens is 1. The SMILES string of the molecule is CCCc1nc2c(c(=O)[nH]1)CN(Cc1c(C)cccc1Cl)CC2. The number of nitrogens with one attached hydrogen (secondary N) is 1. The number of aromatic amines is 1. The van der Waals surface area contributed by atoms with E-state index < -0.39 is 0 Å². The molecule has 0 amide bonds. The average molecular weight is 332 g/mol. The first-order valence-electron chi connectivity index (χ1n) is 8.15. The molecular weight excluding hydrogens is 310 g/mol. The summed E-state index contributed by atoms with van der Waals surface area (Å²) in [6.07, 6.45) is 2.63. The molecular formula is C18H22ClN3O. The summed E-state index contributed by atoms with van der Waals surface area (Å²) in [5, 5.41) is 0.793. The first-order chi connectivity index (χ1) is 11.1. The number of aryl methyl sites for hydroxylation is 2. The lowest BCUT2D eigenvalue weighted by Gasteiger charge is -2.28. The lowest BCUT2D eigenvalue weighted by atomic mass is 10.0. The van der Waals surface area contributed by atoms with Gasteiger partial charge in [-0.1, -0.05) is 30.7 Å². The molecule has 1 aliphatic rings. The largest absolute Gasteiger partial charge is 0.310 e. The Morgan fingerprint density at radius 3 is 2.96 bits per heavy atom. The van der Waals surface area contributed by atoms with Gasteiger partial charge >= 0.3 is 0 Å². The van der Waals surface area contributed by atoms with Crippen LogP contribution in [0.1, 0.15) is 41.6 Å². The predicted octanol–water partition coefficient (Wildman–Crippen LogP) is 3.24. The second-order valence-electron chi connectivity index (χ2n) is 6.18. The molecule has 0 spiro atoms. The molecule has 0 saturated carbocycles. The molecule has 0 unspecified atom stereocenters. The minimum Gasteiger partial charge on any atom is -0.310 e. The maximum Gasteiger partial charge on any atom is 0.255 e. The van der Waals surface area contributed by atoms with Gasteiger partial charge in [-0.05, 0) is 30.5 Å². The van der Waals surface area contributed by atoms with Gasteiger partial charge < -0.3 is 4.98 Å². The molecule has 0 fully saturated rings. The number of hydrogen-bond donors (Lipinski definition) is 1. The number of rotatable bonds is 4. The van der Waals surface area contributed by atoms with Gasteiger partial charge in [-0.25, -0.2) is 4.98 Å². The Morgan fingerprint density at radius 1 is 1.39 bits per heavy atom. The molecule has 1 aromatic carbocycles. The monoisotopic (exact) mass is 331 g/mol. The third kappa shape index (κ3) is 3.48. The molecule has 23 heavy (non-hydrogen) atoms. The van der Waals surface area contributed by atoms with E-state index in [0.717, 1.165) is 60.0 Å². The number of nitrogens with zero attached hydrogens (tertiary/aromatic N) is 2. The van der Waals surface area contributed by atoms with Crippen LogP contribution in [0.5, 0.6) is 0 Å². The van der Waals surface area contributed by atoms with Gasteiger partial charge in [0.1, 0.15) is 5.82 Å². The first-order valence-corrected chi connectivity index (χ1v) is 8.53. The van der Waals surface area contributed by atoms with Gasteiger partial charge in [0.25, 0.3) is 5.56 Å². The smallest absolute Gasteiger partial charge is 0.255 e. The lowest BCUT2D eigenvalue weighted by Crippen LogP contribution is -2.36. The second-order valence-corrected chi connectivity index (χ2v) is 6.59. The Balaban J connectivity index is 1.82. The summed E-state index contributed by atoms with van der Waals surface area (Å²) in [5.41, 5.74) is 4.11. The van der Waals surface area contributed by atoms with E-state index in [0.29, 0.717) is 6.54 Å². The zero-order chi connectivity index (χ0) is 16.4. The van der Waals surface area contributed by atoms with Crippen molar-refractivity contribution in [1.82, 2.24) is 14.9 Å². The van der Waals surface area contributed by atoms with Crippen molar-refractivity contribution in [2.24, 2.45) is 0 Å². The van der Waals surface area contributed by atoms with E-state index in [1.54, 1.807) is 0 Å². The van der Waals surface area contributed by atoms with Crippen LogP contribution in [-0.4, -0.2) is 21.4 Å². The highest BCUT2D eigenvalue weighted by Crippen LogP contribution is 2.23. The van der Waals surface area contributed by atoms with E-state index in [4.69, 9.17) is 11.6 Å². The third-order valence-corrected chi connectivity index (χ3v) is 4.77. The summed E-state index contributed by atoms with van der Waals surface area (Å²) in [4.78, 5) is 22.2. The van der Waals surface area contributed by atoms with Crippen molar-refractivity contribution < 1.29 is 0 Å². The summed E-state index contributed by atoms with van der Waals surface area (Å²) in [5.74, 6) is 0.812. The molecule has 2 aromatic rings. The van der Waals surface area contributed by atoms with Crippen LogP contribution < -0.4 is 5.56 Å². The number of fused-ring (bicyclic) bond motifs is 1. The molecule has 0 radical (unpaired) electrons. The van der Waals surface area contributed by atoms with E-state index >= 15 is 0 Å². The van der Waals surface area contributed by atoms with E-state index in [2.05, 4.69) is 34.8 Å². The average Bonchev–Trinajstić information content (AvgIpc) is 2.52. The molecule has 3 rings (SSSR count). The lowest BCUT2D eigenvalue weighted by molar-refractivity contribution is 0.241. The quantitative estimate of drug-likeness (QED) is 0.935. The fourth-order valence-electron chi connectivity index (χ4n) is 3.11. The van der Waals surface area contributed by atoms with Crippen molar-refractivity contribution in [2.75, 3.05) is 6.54 Å². The standard InChI is InChI=1S/C18H22ClN3O/c1-3-5-17-20-16-8-9-22(11-14(16)18(23)21-17)10-13-12(2)6-4-7-15(13)19/h4,6-7H,3,5,8-11H2,1-2H3,(H,20,21,23). The Labute approximate surface area is 141 Å². The molecule has 1 N–H and O–H groups in total. The summed E-state index contributed by atoms with van der Waals surface area (Å²) in [6.45, 7) is 6.47. The van der Waals surface area contributed by atoms with Crippen molar-refractivity contribution in [3.05, 3.63) is 61.8 Å². The Hall–Kier alpha value is -1.65. The van der Waals surface area contributed by atoms with Gasteiger partial charge in [0.05, 0.1) is 11.3 Å². The predicted molar refractivity (Wildman–Crippen MR) is 92.9 cm³/mol. The van der Waals surface area contributed by atoms with Crippen molar-refractivity contribution >= 4 is 11.6 Å². The Kier molecular flexibility index (Phi) is 4.83. The molecule has 2 heterocycles. The topological polar surface area (TPSA) is 49.0 Å². The fourth-order valence-corrected chi connectivity index (χ4v) is 3.39. The third-order valence-electron chi connectivity index (χ3n) is 4.42. The van der Waals surface area contributed by atoms with E-state index in [9.17, 15) is 4.79 Å². The second kappa shape index (κ2) is 6.85. The maximum atomic E-state index is 12.3. The zero-order valence-corrected chi connectivity index (χ0v) is 14.4. The number of aromatic nitrogens is 2. The van der Waals surface area contributed by atoms with Gasteiger partial charge in [-0.3, -0.25) is 9.69 Å². The highest BCUT2D eigenvalue weighted by Gasteiger charge is 2.22. The molecule has 0 aliphatic carbocycles. The van der Waals surface area contributed by atoms with Gasteiger partial charge in [0, 0.05) is 37.5 Å². The zero-order valence-electron chi connectivity index (χ0n) is 13.7. The molecule has 4 nitrogen and oxygen atoms in total. The first kappa shape index (κ1) is 16.2. The normalized spacial score (nSPS) is 14.7. The highest BCUT2D eigenvalue weighted by atomic mass is 35.5. The van der Waals surface area contributed by atoms with Crippen LogP contribution in [0.25, 0.3) is 0 Å². The van der Waals surface area contributed by atoms with Crippen molar-refractivity contribution in [1.29, 1.82) is 0 Å². The molecule has 0 atom stereocenters. The van der Waals surface area contributed by atoms with E-state index in [1.165, 1.54) is 5.56 Å². The van der Waals surface area contributed by atoms with Crippen LogP contribution in [0, 0.1) is 6.92 Å². The Morgan fingerprint density at radius 2 is 2.22 bits per heavy atom. The number of halogens is 1. The fraction of sp³-hybridized carbons (Fsp3) is 0.444.